The Kier molecular flexibility index (Phi) is 47.9. The zero-order valence-electron chi connectivity index (χ0n) is 77.4. The van der Waals surface area contributed by atoms with Crippen molar-refractivity contribution in [2.75, 3.05) is 0 Å². The first kappa shape index (κ1) is 100. The maximum Gasteiger partial charge on any atom is 0.0651 e. The summed E-state index contributed by atoms with van der Waals surface area (Å²) < 4.78 is 20.9. The second kappa shape index (κ2) is 57.8. The van der Waals surface area contributed by atoms with E-state index in [2.05, 4.69) is 211 Å². The maximum absolute atomic E-state index is 2.58. The van der Waals surface area contributed by atoms with Gasteiger partial charge in [-0.3, -0.25) is 0 Å². The Labute approximate surface area is 790 Å². The first-order valence-corrected chi connectivity index (χ1v) is 70.6. The van der Waals surface area contributed by atoms with Crippen LogP contribution >= 0.6 is 136 Å². The van der Waals surface area contributed by atoms with Gasteiger partial charge in [-0.2, -0.15) is 0 Å². The quantitative estimate of drug-likeness (QED) is 0.0263. The van der Waals surface area contributed by atoms with Gasteiger partial charge in [-0.25, -0.2) is 0 Å². The third kappa shape index (κ3) is 32.0. The van der Waals surface area contributed by atoms with Crippen LogP contribution in [-0.2, 0) is 25.7 Å². The fraction of sp³-hybridized carbons (Fsp3) is 0.667. The van der Waals surface area contributed by atoms with E-state index in [1.807, 2.05) is 34.0 Å². The van der Waals surface area contributed by atoms with E-state index in [4.69, 9.17) is 0 Å². The summed E-state index contributed by atoms with van der Waals surface area (Å²) in [5.74, 6) is 0. The minimum absolute atomic E-state index is 1.23. The Bertz CT molecular complexity index is 4530. The van der Waals surface area contributed by atoms with Crippen LogP contribution in [0.1, 0.15) is 440 Å². The number of hydrogen-bond acceptors (Lipinski definition) is 12. The Morgan fingerprint density at radius 3 is 0.603 bits per heavy atom. The molecule has 0 saturated carbocycles. The molecule has 0 bridgehead atoms. The topological polar surface area (TPSA) is 0 Å². The van der Waals surface area contributed by atoms with Crippen molar-refractivity contribution in [3.63, 3.8) is 0 Å². The molecule has 0 aliphatic heterocycles. The molecule has 0 aliphatic rings. The molecule has 0 aliphatic carbocycles. The van der Waals surface area contributed by atoms with Gasteiger partial charge in [0.2, 0.25) is 0 Å². The summed E-state index contributed by atoms with van der Waals surface area (Å²) in [7, 11) is 0. The Morgan fingerprint density at radius 1 is 0.198 bits per heavy atom. The average Bonchev–Trinajstić information content (AvgIpc) is 1.55. The van der Waals surface area contributed by atoms with Crippen molar-refractivity contribution in [3.05, 3.63) is 86.4 Å². The van der Waals surface area contributed by atoms with E-state index in [9.17, 15) is 0 Å². The summed E-state index contributed by atoms with van der Waals surface area (Å²) in [6.45, 7) is 11.5. The molecule has 0 nitrogen and oxygen atoms in total. The fourth-order valence-corrected chi connectivity index (χ4v) is 40.3. The smallest absolute Gasteiger partial charge is 0.0651 e. The molecule has 13 heteroatoms. The third-order valence-electron chi connectivity index (χ3n) is 26.0. The van der Waals surface area contributed by atoms with Gasteiger partial charge in [0.15, 0.2) is 0 Å². The van der Waals surface area contributed by atoms with Gasteiger partial charge in [0.25, 0.3) is 0 Å². The van der Waals surface area contributed by atoms with E-state index in [-0.39, 0.29) is 0 Å². The fourth-order valence-electron chi connectivity index (χ4n) is 18.7. The van der Waals surface area contributed by atoms with Gasteiger partial charge in [-0.15, -0.1) is 79.4 Å². The van der Waals surface area contributed by atoms with Crippen LogP contribution in [-0.4, -0.2) is 18.4 Å². The molecule has 0 aromatic carbocycles. The van der Waals surface area contributed by atoms with E-state index in [1.165, 1.54) is 430 Å². The first-order valence-electron chi connectivity index (χ1n) is 50.7. The zero-order chi connectivity index (χ0) is 84.3. The summed E-state index contributed by atoms with van der Waals surface area (Å²) in [5, 5.41) is 4.54. The van der Waals surface area contributed by atoms with Gasteiger partial charge >= 0.3 is 222 Å². The van der Waals surface area contributed by atoms with Gasteiger partial charge in [0, 0.05) is 24.4 Å². The van der Waals surface area contributed by atoms with Gasteiger partial charge < -0.3 is 0 Å². The number of hydrogen-bond donors (Lipinski definition) is 0. The molecule has 0 amide bonds. The van der Waals surface area contributed by atoms with Crippen LogP contribution in [0.15, 0.2) is 59.3 Å². The van der Waals surface area contributed by atoms with E-state index < -0.39 is 18.4 Å². The van der Waals surface area contributed by atoms with Crippen molar-refractivity contribution in [2.45, 2.75) is 460 Å². The predicted molar refractivity (Wildman–Crippen MR) is 576 cm³/mol. The van der Waals surface area contributed by atoms with Crippen molar-refractivity contribution in [1.29, 1.82) is 0 Å². The van der Waals surface area contributed by atoms with E-state index >= 15 is 0 Å². The van der Waals surface area contributed by atoms with Crippen LogP contribution in [0, 0.1) is 6.92 Å². The summed E-state index contributed by atoms with van der Waals surface area (Å²) in [5.41, 5.74) is 6.68. The summed E-state index contributed by atoms with van der Waals surface area (Å²) in [6.07, 6.45) is 90.6. The van der Waals surface area contributed by atoms with Crippen LogP contribution in [0.3, 0.4) is 0 Å². The summed E-state index contributed by atoms with van der Waals surface area (Å²) in [6, 6.07) is 19.0. The van der Waals surface area contributed by atoms with E-state index in [1.54, 1.807) is 106 Å². The van der Waals surface area contributed by atoms with Crippen LogP contribution in [0.25, 0.3) is 95.4 Å². The molecule has 0 N–H and O–H groups in total. The number of rotatable bonds is 69. The monoisotopic (exact) mass is 1960 g/mol. The largest absolute Gasteiger partial charge is 0.143 e. The Hall–Kier alpha value is -1.24. The second-order valence-corrected chi connectivity index (χ2v) is 65.4. The molecule has 670 valence electrons. The molecule has 0 atom stereocenters. The second-order valence-electron chi connectivity index (χ2n) is 37.6. The predicted octanol–water partition coefficient (Wildman–Crippen LogP) is 44.2. The molecular formula is C108H162S12Sn. The Morgan fingerprint density at radius 2 is 0.405 bits per heavy atom. The van der Waals surface area contributed by atoms with Crippen molar-refractivity contribution in [2.24, 2.45) is 0 Å². The molecule has 12 heterocycles. The molecule has 121 heavy (non-hydrogen) atoms. The molecule has 12 aromatic rings. The number of unbranched alkanes of at least 4 members (excludes halogenated alkanes) is 56. The molecule has 0 saturated heterocycles. The number of aryl methyl sites for hydroxylation is 5. The third-order valence-corrected chi connectivity index (χ3v) is 51.4. The molecular weight excluding hydrogens is 1800 g/mol. The standard InChI is InChI=1S/C53H77S6.C52H76S6.3CH3.Sn/c1-4-6-8-10-12-14-16-18-20-22-24-26-28-30-32-35-42-46(44-37-34-40-54-44)56-50-48(42)58-53-51-49(59-52(50)53)43(47(57-51)45-39-38-41(3)55-45)36-33-31-29-27-25-23-21-19-17-15-13-11-9-7-5-2;1-3-5-7-9-11-13-15-17-19-21-23-25-27-29-31-35-41-45(43-37-33-39-53-43)55-49-47(41)57-52-50-48(58-51(49)52)42(46(56-50)44-38-34-40-54-44)36-32-30-28-26-24-22-20-18-16-14-12-10-8-6-4-2;;;;/h34,37-39H,4-33,35-36H2,1-3H3;33-34,37-40H,3-32,35-36H2,1-2H3;3*1H3;. The minimum atomic E-state index is -2.14. The molecule has 12 rings (SSSR count). The normalized spacial score (nSPS) is 12.3. The van der Waals surface area contributed by atoms with Gasteiger partial charge in [-0.05, 0) is 78.8 Å². The Balaban J connectivity index is 0.000000237. The SMILES string of the molecule is CCCCCCCCCCCCCCCCCc1c(-c2ccc(C)s2)sc2c1sc1c3sc(-c4cc[c]([Sn]([CH3])([CH3])[CH3])s4)c(CCCCCCCCCCCCCCCCC)c3sc21.CCCCCCCCCCCCCCCCCc1c(-c2cccs2)sc2c1sc1c3sc(-c4cccs4)c(CCCCCCCCCCCCCCCCC)c3sc21. The van der Waals surface area contributed by atoms with Crippen LogP contribution < -0.4 is 2.89 Å². The zero-order valence-corrected chi connectivity index (χ0v) is 90.1. The molecule has 0 radical (unpaired) electrons. The number of fused-ring (bicyclic) bond motifs is 10. The molecule has 0 fully saturated rings. The summed E-state index contributed by atoms with van der Waals surface area (Å²) >= 11 is 23.0. The first-order chi connectivity index (χ1) is 59.6. The molecule has 0 spiro atoms. The van der Waals surface area contributed by atoms with Gasteiger partial charge in [-0.1, -0.05) is 367 Å². The molecule has 12 aromatic heterocycles. The summed E-state index contributed by atoms with van der Waals surface area (Å²) in [4.78, 5) is 21.5. The van der Waals surface area contributed by atoms with E-state index in [0.29, 0.717) is 0 Å². The van der Waals surface area contributed by atoms with E-state index in [0.717, 1.165) is 0 Å². The molecule has 0 unspecified atom stereocenters. The average molecular weight is 1960 g/mol. The van der Waals surface area contributed by atoms with Crippen LogP contribution in [0.5, 0.6) is 0 Å². The van der Waals surface area contributed by atoms with Crippen molar-refractivity contribution < 1.29 is 0 Å². The minimum Gasteiger partial charge on any atom is -0.143 e. The van der Waals surface area contributed by atoms with Gasteiger partial charge in [0.05, 0.1) is 28.2 Å². The van der Waals surface area contributed by atoms with Crippen LogP contribution in [0.2, 0.25) is 14.8 Å². The van der Waals surface area contributed by atoms with Gasteiger partial charge in [0.1, 0.15) is 0 Å². The van der Waals surface area contributed by atoms with Crippen LogP contribution in [0.4, 0.5) is 0 Å². The number of thiophene rings is 12. The van der Waals surface area contributed by atoms with Crippen molar-refractivity contribution in [3.8, 4) is 39.0 Å². The maximum atomic E-state index is 2.58. The van der Waals surface area contributed by atoms with Crippen molar-refractivity contribution >= 4 is 214 Å². The van der Waals surface area contributed by atoms with Crippen molar-refractivity contribution in [1.82, 2.24) is 0 Å².